The molecule has 0 atom stereocenters. The van der Waals surface area contributed by atoms with Crippen molar-refractivity contribution in [3.05, 3.63) is 22.8 Å². The van der Waals surface area contributed by atoms with Crippen LogP contribution in [0.3, 0.4) is 0 Å². The highest BCUT2D eigenvalue weighted by atomic mass is 32.2. The minimum absolute atomic E-state index is 0.0214. The van der Waals surface area contributed by atoms with Gasteiger partial charge in [0.15, 0.2) is 0 Å². The molecule has 0 aliphatic rings. The Morgan fingerprint density at radius 3 is 2.26 bits per heavy atom. The van der Waals surface area contributed by atoms with Gasteiger partial charge in [0.05, 0.1) is 11.4 Å². The standard InChI is InChI=1S/C12H18F2N2O2S/c1-7-5-10(15)9(3)12(8(7)2)19(17,18)16(4)6-11(13)14/h5,11H,6,15H2,1-4H3. The minimum atomic E-state index is -3.97. The van der Waals surface area contributed by atoms with Crippen molar-refractivity contribution in [3.63, 3.8) is 0 Å². The van der Waals surface area contributed by atoms with E-state index >= 15 is 0 Å². The maximum absolute atomic E-state index is 12.4. The maximum atomic E-state index is 12.4. The van der Waals surface area contributed by atoms with Gasteiger partial charge >= 0.3 is 0 Å². The van der Waals surface area contributed by atoms with E-state index < -0.39 is 23.0 Å². The molecule has 1 aromatic rings. The van der Waals surface area contributed by atoms with Crippen LogP contribution in [0.25, 0.3) is 0 Å². The van der Waals surface area contributed by atoms with E-state index in [9.17, 15) is 17.2 Å². The van der Waals surface area contributed by atoms with Crippen LogP contribution in [0, 0.1) is 20.8 Å². The number of hydrogen-bond donors (Lipinski definition) is 1. The third-order valence-corrected chi connectivity index (χ3v) is 5.24. The second kappa shape index (κ2) is 5.42. The lowest BCUT2D eigenvalue weighted by Crippen LogP contribution is -2.32. The molecule has 0 unspecified atom stereocenters. The average molecular weight is 292 g/mol. The van der Waals surface area contributed by atoms with Crippen molar-refractivity contribution in [1.82, 2.24) is 4.31 Å². The van der Waals surface area contributed by atoms with Crippen LogP contribution >= 0.6 is 0 Å². The van der Waals surface area contributed by atoms with E-state index in [2.05, 4.69) is 0 Å². The van der Waals surface area contributed by atoms with E-state index in [4.69, 9.17) is 5.73 Å². The molecule has 0 bridgehead atoms. The summed E-state index contributed by atoms with van der Waals surface area (Å²) in [6.07, 6.45) is -2.72. The first-order valence-electron chi connectivity index (χ1n) is 5.69. The van der Waals surface area contributed by atoms with Crippen LogP contribution in [-0.2, 0) is 10.0 Å². The summed E-state index contributed by atoms with van der Waals surface area (Å²) in [4.78, 5) is 0.0214. The Balaban J connectivity index is 3.45. The molecule has 2 N–H and O–H groups in total. The Morgan fingerprint density at radius 2 is 1.79 bits per heavy atom. The lowest BCUT2D eigenvalue weighted by atomic mass is 10.1. The predicted molar refractivity (Wildman–Crippen MR) is 70.9 cm³/mol. The van der Waals surface area contributed by atoms with Crippen molar-refractivity contribution in [2.75, 3.05) is 19.3 Å². The van der Waals surface area contributed by atoms with Gasteiger partial charge in [-0.15, -0.1) is 0 Å². The molecule has 0 aliphatic heterocycles. The number of alkyl halides is 2. The molecule has 108 valence electrons. The molecule has 0 saturated carbocycles. The van der Waals surface area contributed by atoms with Crippen LogP contribution in [0.2, 0.25) is 0 Å². The Morgan fingerprint density at radius 1 is 1.26 bits per heavy atom. The van der Waals surface area contributed by atoms with E-state index in [0.717, 1.165) is 7.05 Å². The molecule has 1 rings (SSSR count). The van der Waals surface area contributed by atoms with Gasteiger partial charge in [-0.1, -0.05) is 0 Å². The molecule has 1 aromatic carbocycles. The number of nitrogens with two attached hydrogens (primary N) is 1. The van der Waals surface area contributed by atoms with Gasteiger partial charge in [-0.25, -0.2) is 17.2 Å². The van der Waals surface area contributed by atoms with Gasteiger partial charge in [-0.3, -0.25) is 0 Å². The van der Waals surface area contributed by atoms with Crippen LogP contribution in [0.1, 0.15) is 16.7 Å². The number of halogens is 2. The summed E-state index contributed by atoms with van der Waals surface area (Å²) < 4.78 is 50.1. The molecule has 0 saturated heterocycles. The summed E-state index contributed by atoms with van der Waals surface area (Å²) in [5.74, 6) is 0. The monoisotopic (exact) mass is 292 g/mol. The van der Waals surface area contributed by atoms with E-state index in [-0.39, 0.29) is 4.90 Å². The third kappa shape index (κ3) is 3.03. The van der Waals surface area contributed by atoms with Gasteiger partial charge in [-0.2, -0.15) is 4.31 Å². The molecule has 0 aromatic heterocycles. The fourth-order valence-electron chi connectivity index (χ4n) is 1.88. The second-order valence-corrected chi connectivity index (χ2v) is 6.52. The summed E-state index contributed by atoms with van der Waals surface area (Å²) in [6.45, 7) is 4.11. The molecule has 7 heteroatoms. The lowest BCUT2D eigenvalue weighted by Gasteiger charge is -2.21. The first kappa shape index (κ1) is 15.8. The van der Waals surface area contributed by atoms with Crippen LogP contribution in [0.5, 0.6) is 0 Å². The number of sulfonamides is 1. The van der Waals surface area contributed by atoms with Gasteiger partial charge < -0.3 is 5.73 Å². The van der Waals surface area contributed by atoms with Gasteiger partial charge in [0.2, 0.25) is 10.0 Å². The Labute approximate surface area is 112 Å². The normalized spacial score (nSPS) is 12.4. The molecular weight excluding hydrogens is 274 g/mol. The quantitative estimate of drug-likeness (QED) is 0.864. The molecule has 19 heavy (non-hydrogen) atoms. The fourth-order valence-corrected chi connectivity index (χ4v) is 3.55. The Bertz CT molecular complexity index is 560. The van der Waals surface area contributed by atoms with Crippen LogP contribution in [0.4, 0.5) is 14.5 Å². The molecule has 0 aliphatic carbocycles. The number of aryl methyl sites for hydroxylation is 1. The van der Waals surface area contributed by atoms with Crippen molar-refractivity contribution >= 4 is 15.7 Å². The molecular formula is C12H18F2N2O2S. The number of benzene rings is 1. The fraction of sp³-hybridized carbons (Fsp3) is 0.500. The van der Waals surface area contributed by atoms with E-state index in [1.165, 1.54) is 0 Å². The van der Waals surface area contributed by atoms with Gasteiger partial charge in [0, 0.05) is 12.7 Å². The van der Waals surface area contributed by atoms with Crippen LogP contribution < -0.4 is 5.73 Å². The van der Waals surface area contributed by atoms with Gasteiger partial charge in [0.1, 0.15) is 0 Å². The smallest absolute Gasteiger partial charge is 0.252 e. The van der Waals surface area contributed by atoms with Crippen LogP contribution in [0.15, 0.2) is 11.0 Å². The van der Waals surface area contributed by atoms with Gasteiger partial charge in [-0.05, 0) is 43.5 Å². The van der Waals surface area contributed by atoms with Crippen molar-refractivity contribution in [2.24, 2.45) is 0 Å². The summed E-state index contributed by atoms with van der Waals surface area (Å²) in [5.41, 5.74) is 7.74. The molecule has 0 fully saturated rings. The average Bonchev–Trinajstić information content (AvgIpc) is 2.25. The minimum Gasteiger partial charge on any atom is -0.398 e. The first-order chi connectivity index (χ1) is 8.59. The summed E-state index contributed by atoms with van der Waals surface area (Å²) in [6, 6.07) is 1.68. The zero-order chi connectivity index (χ0) is 15.0. The largest absolute Gasteiger partial charge is 0.398 e. The summed E-state index contributed by atoms with van der Waals surface area (Å²) >= 11 is 0. The zero-order valence-corrected chi connectivity index (χ0v) is 12.2. The van der Waals surface area contributed by atoms with Crippen molar-refractivity contribution in [2.45, 2.75) is 32.1 Å². The molecule has 0 heterocycles. The number of hydrogen-bond acceptors (Lipinski definition) is 3. The van der Waals surface area contributed by atoms with Gasteiger partial charge in [0.25, 0.3) is 6.43 Å². The van der Waals surface area contributed by atoms with E-state index in [1.54, 1.807) is 26.8 Å². The SMILES string of the molecule is Cc1cc(N)c(C)c(S(=O)(=O)N(C)CC(F)F)c1C. The van der Waals surface area contributed by atoms with Crippen molar-refractivity contribution in [3.8, 4) is 0 Å². The third-order valence-electron chi connectivity index (χ3n) is 3.14. The Hall–Kier alpha value is -1.21. The van der Waals surface area contributed by atoms with Crippen LogP contribution in [-0.4, -0.2) is 32.7 Å². The summed E-state index contributed by atoms with van der Waals surface area (Å²) in [7, 11) is -2.83. The highest BCUT2D eigenvalue weighted by molar-refractivity contribution is 7.89. The molecule has 0 spiro atoms. The Kier molecular flexibility index (Phi) is 4.52. The lowest BCUT2D eigenvalue weighted by molar-refractivity contribution is 0.126. The molecule has 4 nitrogen and oxygen atoms in total. The summed E-state index contributed by atoms with van der Waals surface area (Å²) in [5, 5.41) is 0. The molecule has 0 amide bonds. The molecule has 0 radical (unpaired) electrons. The first-order valence-corrected chi connectivity index (χ1v) is 7.13. The maximum Gasteiger partial charge on any atom is 0.252 e. The van der Waals surface area contributed by atoms with Crippen molar-refractivity contribution in [1.29, 1.82) is 0 Å². The number of nitrogen functional groups attached to an aromatic ring is 1. The van der Waals surface area contributed by atoms with E-state index in [0.29, 0.717) is 26.7 Å². The van der Waals surface area contributed by atoms with E-state index in [1.807, 2.05) is 0 Å². The predicted octanol–water partition coefficient (Wildman–Crippen LogP) is 2.08. The number of rotatable bonds is 4. The van der Waals surface area contributed by atoms with Crippen molar-refractivity contribution < 1.29 is 17.2 Å². The highest BCUT2D eigenvalue weighted by Gasteiger charge is 2.28. The zero-order valence-electron chi connectivity index (χ0n) is 11.4. The number of nitrogens with zero attached hydrogens (tertiary/aromatic N) is 1. The number of anilines is 1. The topological polar surface area (TPSA) is 63.4 Å². The highest BCUT2D eigenvalue weighted by Crippen LogP contribution is 2.29. The second-order valence-electron chi connectivity index (χ2n) is 4.54.